The molecule has 0 heterocycles. The van der Waals surface area contributed by atoms with Gasteiger partial charge in [-0.25, -0.2) is 0 Å². The van der Waals surface area contributed by atoms with Gasteiger partial charge in [-0.1, -0.05) is 32.0 Å². The number of Topliss-reactive ketones (excluding diaryl/α,β-unsaturated/α-hetero) is 1. The lowest BCUT2D eigenvalue weighted by molar-refractivity contribution is -0.121. The fraction of sp³-hybridized carbons (Fsp3) is 0.588. The SMILES string of the molecule is CCC(C)c1ccccc1OCCC1CCCC1=O. The van der Waals surface area contributed by atoms with Gasteiger partial charge in [0.25, 0.3) is 0 Å². The summed E-state index contributed by atoms with van der Waals surface area (Å²) in [6.45, 7) is 5.07. The Morgan fingerprint density at radius 1 is 1.37 bits per heavy atom. The van der Waals surface area contributed by atoms with Crippen LogP contribution in [0.25, 0.3) is 0 Å². The van der Waals surface area contributed by atoms with Crippen LogP contribution in [0.3, 0.4) is 0 Å². The predicted octanol–water partition coefficient (Wildman–Crippen LogP) is 4.34. The lowest BCUT2D eigenvalue weighted by atomic mass is 9.98. The molecule has 0 N–H and O–H groups in total. The Hall–Kier alpha value is -1.31. The van der Waals surface area contributed by atoms with Gasteiger partial charge < -0.3 is 4.74 Å². The van der Waals surface area contributed by atoms with Crippen molar-refractivity contribution in [3.8, 4) is 5.75 Å². The molecule has 0 saturated heterocycles. The molecule has 1 aliphatic carbocycles. The van der Waals surface area contributed by atoms with Crippen LogP contribution in [0.4, 0.5) is 0 Å². The molecule has 2 nitrogen and oxygen atoms in total. The van der Waals surface area contributed by atoms with E-state index in [0.717, 1.165) is 37.9 Å². The highest BCUT2D eigenvalue weighted by atomic mass is 16.5. The molecule has 0 amide bonds. The van der Waals surface area contributed by atoms with E-state index in [9.17, 15) is 4.79 Å². The molecule has 1 fully saturated rings. The zero-order valence-corrected chi connectivity index (χ0v) is 12.0. The van der Waals surface area contributed by atoms with Gasteiger partial charge in [-0.15, -0.1) is 0 Å². The molecule has 2 heteroatoms. The van der Waals surface area contributed by atoms with E-state index in [1.807, 2.05) is 12.1 Å². The van der Waals surface area contributed by atoms with Crippen molar-refractivity contribution in [2.45, 2.75) is 51.9 Å². The van der Waals surface area contributed by atoms with Gasteiger partial charge in [0.15, 0.2) is 0 Å². The largest absolute Gasteiger partial charge is 0.493 e. The molecule has 0 aliphatic heterocycles. The zero-order chi connectivity index (χ0) is 13.7. The molecule has 2 atom stereocenters. The Morgan fingerprint density at radius 2 is 2.16 bits per heavy atom. The summed E-state index contributed by atoms with van der Waals surface area (Å²) < 4.78 is 5.92. The van der Waals surface area contributed by atoms with Gasteiger partial charge in [0.1, 0.15) is 11.5 Å². The van der Waals surface area contributed by atoms with Crippen LogP contribution in [0.5, 0.6) is 5.75 Å². The van der Waals surface area contributed by atoms with E-state index in [2.05, 4.69) is 26.0 Å². The van der Waals surface area contributed by atoms with Gasteiger partial charge in [0, 0.05) is 12.3 Å². The molecule has 0 radical (unpaired) electrons. The number of hydrogen-bond donors (Lipinski definition) is 0. The zero-order valence-electron chi connectivity index (χ0n) is 12.0. The number of carbonyl (C=O) groups is 1. The summed E-state index contributed by atoms with van der Waals surface area (Å²) in [7, 11) is 0. The fourth-order valence-electron chi connectivity index (χ4n) is 2.74. The Kier molecular flexibility index (Phi) is 5.00. The third-order valence-electron chi connectivity index (χ3n) is 4.22. The van der Waals surface area contributed by atoms with E-state index in [0.29, 0.717) is 18.3 Å². The van der Waals surface area contributed by atoms with Crippen molar-refractivity contribution in [1.82, 2.24) is 0 Å². The lowest BCUT2D eigenvalue weighted by Gasteiger charge is -2.16. The van der Waals surface area contributed by atoms with Gasteiger partial charge in [0.05, 0.1) is 6.61 Å². The van der Waals surface area contributed by atoms with Crippen molar-refractivity contribution < 1.29 is 9.53 Å². The Labute approximate surface area is 116 Å². The monoisotopic (exact) mass is 260 g/mol. The molecule has 1 aliphatic rings. The first-order valence-corrected chi connectivity index (χ1v) is 7.46. The molecule has 0 spiro atoms. The third-order valence-corrected chi connectivity index (χ3v) is 4.22. The van der Waals surface area contributed by atoms with Crippen molar-refractivity contribution in [3.63, 3.8) is 0 Å². The molecule has 1 aromatic carbocycles. The quantitative estimate of drug-likeness (QED) is 0.760. The molecular formula is C17H24O2. The van der Waals surface area contributed by atoms with Gasteiger partial charge in [-0.2, -0.15) is 0 Å². The van der Waals surface area contributed by atoms with E-state index in [1.54, 1.807) is 0 Å². The highest BCUT2D eigenvalue weighted by molar-refractivity contribution is 5.82. The summed E-state index contributed by atoms with van der Waals surface area (Å²) in [5, 5.41) is 0. The van der Waals surface area contributed by atoms with E-state index < -0.39 is 0 Å². The number of hydrogen-bond acceptors (Lipinski definition) is 2. The minimum atomic E-state index is 0.246. The first-order valence-electron chi connectivity index (χ1n) is 7.46. The second-order valence-corrected chi connectivity index (χ2v) is 5.54. The average Bonchev–Trinajstić information content (AvgIpc) is 2.84. The summed E-state index contributed by atoms with van der Waals surface area (Å²) in [5.74, 6) is 2.18. The maximum atomic E-state index is 11.6. The maximum Gasteiger partial charge on any atom is 0.136 e. The van der Waals surface area contributed by atoms with Crippen molar-refractivity contribution >= 4 is 5.78 Å². The molecule has 0 aromatic heterocycles. The Bertz CT molecular complexity index is 425. The summed E-state index contributed by atoms with van der Waals surface area (Å²) in [5.41, 5.74) is 1.28. The normalized spacial score (nSPS) is 20.5. The Balaban J connectivity index is 1.90. The van der Waals surface area contributed by atoms with Crippen LogP contribution in [0.2, 0.25) is 0 Å². The molecule has 0 bridgehead atoms. The van der Waals surface area contributed by atoms with Crippen LogP contribution >= 0.6 is 0 Å². The highest BCUT2D eigenvalue weighted by Gasteiger charge is 2.24. The first-order chi connectivity index (χ1) is 9.22. The first kappa shape index (κ1) is 14.1. The van der Waals surface area contributed by atoms with E-state index in [-0.39, 0.29) is 5.92 Å². The number of ether oxygens (including phenoxy) is 1. The number of benzene rings is 1. The van der Waals surface area contributed by atoms with Gasteiger partial charge in [-0.3, -0.25) is 4.79 Å². The number of carbonyl (C=O) groups excluding carboxylic acids is 1. The van der Waals surface area contributed by atoms with Crippen LogP contribution in [0.1, 0.15) is 57.4 Å². The van der Waals surface area contributed by atoms with Crippen LogP contribution in [0.15, 0.2) is 24.3 Å². The van der Waals surface area contributed by atoms with Crippen LogP contribution < -0.4 is 4.74 Å². The minimum Gasteiger partial charge on any atom is -0.493 e. The van der Waals surface area contributed by atoms with Crippen molar-refractivity contribution in [2.24, 2.45) is 5.92 Å². The second-order valence-electron chi connectivity index (χ2n) is 5.54. The average molecular weight is 260 g/mol. The molecule has 1 aromatic rings. The molecular weight excluding hydrogens is 236 g/mol. The second kappa shape index (κ2) is 6.74. The molecule has 104 valence electrons. The maximum absolute atomic E-state index is 11.6. The number of rotatable bonds is 6. The van der Waals surface area contributed by atoms with E-state index in [1.165, 1.54) is 5.56 Å². The van der Waals surface area contributed by atoms with Crippen LogP contribution in [-0.2, 0) is 4.79 Å². The molecule has 19 heavy (non-hydrogen) atoms. The predicted molar refractivity (Wildman–Crippen MR) is 77.6 cm³/mol. The lowest BCUT2D eigenvalue weighted by Crippen LogP contribution is -2.11. The van der Waals surface area contributed by atoms with Crippen molar-refractivity contribution in [3.05, 3.63) is 29.8 Å². The van der Waals surface area contributed by atoms with Crippen LogP contribution in [-0.4, -0.2) is 12.4 Å². The van der Waals surface area contributed by atoms with Gasteiger partial charge in [0.2, 0.25) is 0 Å². The minimum absolute atomic E-state index is 0.246. The molecule has 1 saturated carbocycles. The van der Waals surface area contributed by atoms with Crippen LogP contribution in [0, 0.1) is 5.92 Å². The van der Waals surface area contributed by atoms with Gasteiger partial charge >= 0.3 is 0 Å². The Morgan fingerprint density at radius 3 is 2.84 bits per heavy atom. The highest BCUT2D eigenvalue weighted by Crippen LogP contribution is 2.29. The number of ketones is 1. The topological polar surface area (TPSA) is 26.3 Å². The summed E-state index contributed by atoms with van der Waals surface area (Å²) in [6.07, 6.45) is 4.87. The molecule has 2 unspecified atom stereocenters. The van der Waals surface area contributed by atoms with Crippen molar-refractivity contribution in [2.75, 3.05) is 6.61 Å². The third kappa shape index (κ3) is 3.59. The van der Waals surface area contributed by atoms with E-state index in [4.69, 9.17) is 4.74 Å². The smallest absolute Gasteiger partial charge is 0.136 e. The standard InChI is InChI=1S/C17H24O2/c1-3-13(2)15-8-4-5-10-17(15)19-12-11-14-7-6-9-16(14)18/h4-5,8,10,13-14H,3,6-7,9,11-12H2,1-2H3. The van der Waals surface area contributed by atoms with Gasteiger partial charge in [-0.05, 0) is 43.2 Å². The summed E-state index contributed by atoms with van der Waals surface area (Å²) in [6, 6.07) is 8.26. The van der Waals surface area contributed by atoms with Crippen molar-refractivity contribution in [1.29, 1.82) is 0 Å². The number of para-hydroxylation sites is 1. The summed E-state index contributed by atoms with van der Waals surface area (Å²) in [4.78, 5) is 11.6. The van der Waals surface area contributed by atoms with E-state index >= 15 is 0 Å². The summed E-state index contributed by atoms with van der Waals surface area (Å²) >= 11 is 0. The fourth-order valence-corrected chi connectivity index (χ4v) is 2.74. The molecule has 2 rings (SSSR count).